The third-order valence-electron chi connectivity index (χ3n) is 2.32. The lowest BCUT2D eigenvalue weighted by atomic mass is 10.0. The van der Waals surface area contributed by atoms with Crippen LogP contribution in [0.25, 0.3) is 0 Å². The number of carboxylic acids is 1. The van der Waals surface area contributed by atoms with Crippen molar-refractivity contribution in [3.8, 4) is 11.5 Å². The minimum atomic E-state index is -1.19. The molecule has 0 heterocycles. The molecule has 88 valence electrons. The van der Waals surface area contributed by atoms with E-state index < -0.39 is 11.9 Å². The van der Waals surface area contributed by atoms with Gasteiger partial charge in [0.2, 0.25) is 0 Å². The molecule has 0 radical (unpaired) electrons. The van der Waals surface area contributed by atoms with Crippen molar-refractivity contribution in [1.29, 1.82) is 0 Å². The summed E-state index contributed by atoms with van der Waals surface area (Å²) in [6.07, 6.45) is 0. The normalized spacial score (nSPS) is 12.0. The van der Waals surface area contributed by atoms with E-state index in [4.69, 9.17) is 21.1 Å². The predicted octanol–water partition coefficient (Wildman–Crippen LogP) is 1.21. The molecule has 0 spiro atoms. The van der Waals surface area contributed by atoms with Crippen molar-refractivity contribution in [3.63, 3.8) is 0 Å². The van der Waals surface area contributed by atoms with Gasteiger partial charge in [-0.25, -0.2) is 0 Å². The van der Waals surface area contributed by atoms with Crippen LogP contribution in [-0.4, -0.2) is 20.2 Å². The average molecular weight is 244 g/mol. The zero-order chi connectivity index (χ0) is 12.3. The van der Waals surface area contributed by atoms with Gasteiger partial charge >= 0.3 is 0 Å². The van der Waals surface area contributed by atoms with Crippen LogP contribution >= 0.6 is 11.6 Å². The first-order chi connectivity index (χ1) is 7.51. The first kappa shape index (κ1) is 12.6. The summed E-state index contributed by atoms with van der Waals surface area (Å²) >= 11 is 5.95. The summed E-state index contributed by atoms with van der Waals surface area (Å²) in [5.74, 6) is -1.08. The zero-order valence-corrected chi connectivity index (χ0v) is 10.00. The fourth-order valence-electron chi connectivity index (χ4n) is 1.33. The zero-order valence-electron chi connectivity index (χ0n) is 9.24. The average Bonchev–Trinajstić information content (AvgIpc) is 2.27. The highest BCUT2D eigenvalue weighted by Gasteiger charge is 2.15. The van der Waals surface area contributed by atoms with E-state index in [-0.39, 0.29) is 0 Å². The Morgan fingerprint density at radius 2 is 1.81 bits per heavy atom. The molecule has 5 heteroatoms. The Morgan fingerprint density at radius 3 is 2.25 bits per heavy atom. The fourth-order valence-corrected chi connectivity index (χ4v) is 1.65. The van der Waals surface area contributed by atoms with Crippen molar-refractivity contribution in [2.75, 3.05) is 14.2 Å². The smallest absolute Gasteiger partial charge is 0.162 e. The molecular weight excluding hydrogens is 232 g/mol. The molecule has 4 nitrogen and oxygen atoms in total. The number of hydrogen-bond donors (Lipinski definition) is 0. The van der Waals surface area contributed by atoms with Crippen LogP contribution in [0, 0.1) is 0 Å². The number of hydrogen-bond acceptors (Lipinski definition) is 4. The minimum absolute atomic E-state index is 0.314. The first-order valence-corrected chi connectivity index (χ1v) is 5.01. The summed E-state index contributed by atoms with van der Waals surface area (Å²) < 4.78 is 10.1. The van der Waals surface area contributed by atoms with Crippen molar-refractivity contribution in [2.24, 2.45) is 0 Å². The van der Waals surface area contributed by atoms with E-state index in [1.165, 1.54) is 27.2 Å². The van der Waals surface area contributed by atoms with Gasteiger partial charge in [-0.15, -0.1) is 0 Å². The minimum Gasteiger partial charge on any atom is -0.550 e. The molecule has 1 rings (SSSR count). The lowest BCUT2D eigenvalue weighted by molar-refractivity contribution is -0.307. The Hall–Kier alpha value is -1.42. The highest BCUT2D eigenvalue weighted by atomic mass is 35.5. The number of aliphatic carboxylic acids is 1. The van der Waals surface area contributed by atoms with Gasteiger partial charge in [-0.1, -0.05) is 18.5 Å². The quantitative estimate of drug-likeness (QED) is 0.798. The molecule has 0 amide bonds. The van der Waals surface area contributed by atoms with E-state index in [0.29, 0.717) is 22.1 Å². The fraction of sp³-hybridized carbons (Fsp3) is 0.364. The number of benzene rings is 1. The van der Waals surface area contributed by atoms with Crippen LogP contribution in [0.4, 0.5) is 0 Å². The number of carbonyl (C=O) groups is 1. The summed E-state index contributed by atoms with van der Waals surface area (Å²) in [6.45, 7) is 1.50. The SMILES string of the molecule is COc1cc(Cl)c(C(C)C(=O)[O-])cc1OC. The largest absolute Gasteiger partial charge is 0.550 e. The molecule has 0 aliphatic carbocycles. The molecule has 1 aromatic rings. The maximum absolute atomic E-state index is 10.8. The van der Waals surface area contributed by atoms with Crippen LogP contribution in [-0.2, 0) is 4.79 Å². The molecule has 1 unspecified atom stereocenters. The number of rotatable bonds is 4. The van der Waals surface area contributed by atoms with E-state index in [9.17, 15) is 9.90 Å². The van der Waals surface area contributed by atoms with Crippen molar-refractivity contribution in [2.45, 2.75) is 12.8 Å². The Bertz CT molecular complexity index is 403. The van der Waals surface area contributed by atoms with Crippen LogP contribution in [0.2, 0.25) is 5.02 Å². The summed E-state index contributed by atoms with van der Waals surface area (Å²) in [5.41, 5.74) is 0.444. The van der Waals surface area contributed by atoms with Crippen molar-refractivity contribution >= 4 is 17.6 Å². The molecule has 0 saturated heterocycles. The van der Waals surface area contributed by atoms with Gasteiger partial charge in [0.25, 0.3) is 0 Å². The Morgan fingerprint density at radius 1 is 1.31 bits per heavy atom. The van der Waals surface area contributed by atoms with Gasteiger partial charge in [0.1, 0.15) is 0 Å². The summed E-state index contributed by atoms with van der Waals surface area (Å²) in [7, 11) is 2.95. The Balaban J connectivity index is 3.26. The maximum atomic E-state index is 10.8. The predicted molar refractivity (Wildman–Crippen MR) is 58.0 cm³/mol. The van der Waals surface area contributed by atoms with E-state index in [1.54, 1.807) is 6.07 Å². The lowest BCUT2D eigenvalue weighted by Gasteiger charge is -2.17. The van der Waals surface area contributed by atoms with Gasteiger partial charge in [-0.2, -0.15) is 0 Å². The second-order valence-corrected chi connectivity index (χ2v) is 3.68. The second kappa shape index (κ2) is 5.07. The second-order valence-electron chi connectivity index (χ2n) is 3.27. The Labute approximate surface area is 98.7 Å². The van der Waals surface area contributed by atoms with Crippen LogP contribution in [0.15, 0.2) is 12.1 Å². The highest BCUT2D eigenvalue weighted by molar-refractivity contribution is 6.31. The van der Waals surface area contributed by atoms with E-state index in [1.807, 2.05) is 0 Å². The van der Waals surface area contributed by atoms with Crippen molar-refractivity contribution < 1.29 is 19.4 Å². The van der Waals surface area contributed by atoms with Gasteiger partial charge in [-0.3, -0.25) is 0 Å². The highest BCUT2D eigenvalue weighted by Crippen LogP contribution is 2.36. The molecule has 0 aliphatic heterocycles. The molecule has 0 N–H and O–H groups in total. The molecule has 0 saturated carbocycles. The lowest BCUT2D eigenvalue weighted by Crippen LogP contribution is -2.28. The molecule has 0 aromatic heterocycles. The third kappa shape index (κ3) is 2.39. The van der Waals surface area contributed by atoms with Gasteiger partial charge in [0.15, 0.2) is 11.5 Å². The van der Waals surface area contributed by atoms with Crippen LogP contribution in [0.1, 0.15) is 18.4 Å². The van der Waals surface area contributed by atoms with Crippen LogP contribution in [0.5, 0.6) is 11.5 Å². The number of ether oxygens (including phenoxy) is 2. The molecule has 1 atom stereocenters. The molecular formula is C11H12ClO4-. The molecule has 1 aromatic carbocycles. The monoisotopic (exact) mass is 243 g/mol. The Kier molecular flexibility index (Phi) is 4.01. The third-order valence-corrected chi connectivity index (χ3v) is 2.65. The van der Waals surface area contributed by atoms with Crippen LogP contribution in [0.3, 0.4) is 0 Å². The number of carboxylic acid groups (broad SMARTS) is 1. The molecule has 0 bridgehead atoms. The standard InChI is InChI=1S/C11H13ClO4/c1-6(11(13)14)7-4-9(15-2)10(16-3)5-8(7)12/h4-6H,1-3H3,(H,13,14)/p-1. The summed E-state index contributed by atoms with van der Waals surface area (Å²) in [4.78, 5) is 10.8. The van der Waals surface area contributed by atoms with E-state index in [0.717, 1.165) is 0 Å². The van der Waals surface area contributed by atoms with Crippen molar-refractivity contribution in [3.05, 3.63) is 22.7 Å². The van der Waals surface area contributed by atoms with Gasteiger partial charge in [-0.05, 0) is 11.6 Å². The molecule has 0 aliphatic rings. The summed E-state index contributed by atoms with van der Waals surface area (Å²) in [6, 6.07) is 3.07. The maximum Gasteiger partial charge on any atom is 0.162 e. The van der Waals surface area contributed by atoms with E-state index >= 15 is 0 Å². The van der Waals surface area contributed by atoms with Gasteiger partial charge in [0.05, 0.1) is 14.2 Å². The number of halogens is 1. The molecule has 16 heavy (non-hydrogen) atoms. The van der Waals surface area contributed by atoms with Crippen LogP contribution < -0.4 is 14.6 Å². The van der Waals surface area contributed by atoms with Crippen molar-refractivity contribution in [1.82, 2.24) is 0 Å². The topological polar surface area (TPSA) is 58.6 Å². The van der Waals surface area contributed by atoms with Gasteiger partial charge < -0.3 is 19.4 Å². The van der Waals surface area contributed by atoms with Gasteiger partial charge in [0, 0.05) is 23.0 Å². The van der Waals surface area contributed by atoms with E-state index in [2.05, 4.69) is 0 Å². The first-order valence-electron chi connectivity index (χ1n) is 4.63. The summed E-state index contributed by atoms with van der Waals surface area (Å²) in [5, 5.41) is 11.1. The molecule has 0 fully saturated rings. The number of carbonyl (C=O) groups excluding carboxylic acids is 1. The number of methoxy groups -OCH3 is 2.